The fraction of sp³-hybridized carbons (Fsp3) is 0.00806. The average Bonchev–Trinajstić information content (AvgIpc) is 1.55. The Kier molecular flexibility index (Phi) is 18.2. The Bertz CT molecular complexity index is 9640. The Balaban J connectivity index is 0.000000106. The van der Waals surface area contributed by atoms with Crippen LogP contribution in [0.5, 0.6) is 0 Å². The second kappa shape index (κ2) is 31.6. The molecule has 1 aliphatic carbocycles. The highest BCUT2D eigenvalue weighted by molar-refractivity contribution is 6.14. The van der Waals surface area contributed by atoms with Crippen molar-refractivity contribution >= 4 is 126 Å². The van der Waals surface area contributed by atoms with Gasteiger partial charge in [-0.3, -0.25) is 41.3 Å². The van der Waals surface area contributed by atoms with Gasteiger partial charge >= 0.3 is 0 Å². The molecule has 28 rings (SSSR count). The third kappa shape index (κ3) is 12.4. The molecule has 8 heterocycles. The number of para-hydroxylation sites is 10. The Morgan fingerprint density at radius 1 is 0.178 bits per heavy atom. The minimum absolute atomic E-state index is 0.0202. The van der Waals surface area contributed by atoms with Crippen LogP contribution in [0.4, 0.5) is 0 Å². The van der Waals surface area contributed by atoms with Crippen LogP contribution in [-0.2, 0) is 0 Å². The number of fused-ring (bicyclic) bond motifs is 24. The van der Waals surface area contributed by atoms with Crippen molar-refractivity contribution in [2.75, 3.05) is 0 Å². The molecule has 1 aliphatic rings. The number of aromatic nitrogens is 8. The number of nitrogens with zero attached hydrogens (tertiary/aromatic N) is 8. The topological polar surface area (TPSA) is 89.1 Å². The van der Waals surface area contributed by atoms with Crippen molar-refractivity contribution in [3.8, 4) is 84.1 Å². The first-order valence-corrected chi connectivity index (χ1v) is 45.8. The van der Waals surface area contributed by atoms with Gasteiger partial charge in [0, 0.05) is 66.1 Å². The van der Waals surface area contributed by atoms with Crippen LogP contribution >= 0.6 is 0 Å². The predicted molar refractivity (Wildman–Crippen MR) is 557 cm³/mol. The fourth-order valence-electron chi connectivity index (χ4n) is 21.6. The molecule has 135 heavy (non-hydrogen) atoms. The molecule has 0 aliphatic heterocycles. The summed E-state index contributed by atoms with van der Waals surface area (Å²) >= 11 is 0. The summed E-state index contributed by atoms with van der Waals surface area (Å²) in [7, 11) is 0. The van der Waals surface area contributed by atoms with E-state index in [1.165, 1.54) is 60.4 Å². The standard InChI is InChI=1S/C45H29N3O.C40H26N2O.C39H25N3O/c49-45-38-29-32(31-24-26-41-37(28-31)35-20-10-12-22-39(35)46(41)33-16-6-2-7-17-33)25-27-42(38)48-40-23-13-11-21-36(40)43(30-14-4-1-5-15-30)44(48)47(45)34-18-8-3-9-19-34;43-40-33-21-11-12-22-35(33)42-36-24-23-27(37-31-19-9-7-17-29(31)30-18-8-10-20-32(30)37)25-34(36)38(26-13-3-1-4-14-26)39(42)41(40)28-15-5-2-6-16-28;43-39-33-24-27(26-19-21-36-32(23-26)31-16-8-10-18-35(31)40(36)29-12-3-1-4-13-29)20-22-37(33)42-34-17-9-7-11-28(34)25-38(42)41(39)30-14-5-2-6-15-30/h1-29H;1-25,37H;1-25H. The summed E-state index contributed by atoms with van der Waals surface area (Å²) in [5.74, 6) is 0.136. The summed E-state index contributed by atoms with van der Waals surface area (Å²) in [6, 6.07) is 166. The van der Waals surface area contributed by atoms with Crippen LogP contribution < -0.4 is 16.7 Å². The lowest BCUT2D eigenvalue weighted by Crippen LogP contribution is -2.21. The van der Waals surface area contributed by atoms with Crippen molar-refractivity contribution in [2.24, 2.45) is 0 Å². The maximum Gasteiger partial charge on any atom is 0.266 e. The third-order valence-electron chi connectivity index (χ3n) is 27.5. The summed E-state index contributed by atoms with van der Waals surface area (Å²) in [6.07, 6.45) is 0. The molecular formula is C124H80N8O3. The molecule has 0 atom stereocenters. The van der Waals surface area contributed by atoms with Gasteiger partial charge in [-0.2, -0.15) is 0 Å². The van der Waals surface area contributed by atoms with Crippen molar-refractivity contribution in [2.45, 2.75) is 5.92 Å². The molecule has 0 spiro atoms. The SMILES string of the molecule is O=c1c2cc(-c3ccc4c(c3)c3ccccc3n4-c3ccccc3)ccc2n2c3ccccc3c(-c3ccccc3)c2n1-c1ccccc1.O=c1c2cc(-c3ccc4c(c3)c3ccccc3n4-c3ccccc3)ccc2n2c3ccccc3cc2n1-c1ccccc1.O=c1c2ccccc2n2c3ccc(C4c5ccccc5-c5ccccc54)cc3c(-c3ccccc3)c2n1-c1ccccc1. The number of hydrogen-bond donors (Lipinski definition) is 0. The normalized spacial score (nSPS) is 12.1. The lowest BCUT2D eigenvalue weighted by atomic mass is 9.88. The van der Waals surface area contributed by atoms with Gasteiger partial charge in [0.25, 0.3) is 16.7 Å². The van der Waals surface area contributed by atoms with Crippen LogP contribution in [0.3, 0.4) is 0 Å². The van der Waals surface area contributed by atoms with Gasteiger partial charge in [0.05, 0.1) is 88.4 Å². The molecule has 0 saturated heterocycles. The van der Waals surface area contributed by atoms with Crippen LogP contribution in [0.25, 0.3) is 210 Å². The van der Waals surface area contributed by atoms with Crippen molar-refractivity contribution in [3.05, 3.63) is 527 Å². The summed E-state index contributed by atoms with van der Waals surface area (Å²) in [4.78, 5) is 43.5. The zero-order chi connectivity index (χ0) is 89.5. The molecule has 0 radical (unpaired) electrons. The monoisotopic (exact) mass is 1730 g/mol. The lowest BCUT2D eigenvalue weighted by molar-refractivity contribution is 1.01. The quantitative estimate of drug-likeness (QED) is 0.137. The van der Waals surface area contributed by atoms with Crippen molar-refractivity contribution in [1.29, 1.82) is 0 Å². The van der Waals surface area contributed by atoms with Gasteiger partial charge in [-0.15, -0.1) is 0 Å². The van der Waals surface area contributed by atoms with Gasteiger partial charge in [-0.1, -0.05) is 315 Å². The average molecular weight is 1730 g/mol. The van der Waals surface area contributed by atoms with E-state index in [-0.39, 0.29) is 22.6 Å². The van der Waals surface area contributed by atoms with Crippen molar-refractivity contribution in [1.82, 2.24) is 36.0 Å². The maximum absolute atomic E-state index is 14.9. The number of benzene rings is 19. The van der Waals surface area contributed by atoms with Gasteiger partial charge < -0.3 is 9.13 Å². The molecule has 19 aromatic carbocycles. The minimum Gasteiger partial charge on any atom is -0.309 e. The summed E-state index contributed by atoms with van der Waals surface area (Å²) in [6.45, 7) is 0. The van der Waals surface area contributed by atoms with Gasteiger partial charge in [0.2, 0.25) is 0 Å². The third-order valence-corrected chi connectivity index (χ3v) is 27.5. The summed E-state index contributed by atoms with van der Waals surface area (Å²) < 4.78 is 17.0. The highest BCUT2D eigenvalue weighted by atomic mass is 16.1. The second-order valence-electron chi connectivity index (χ2n) is 34.8. The van der Waals surface area contributed by atoms with E-state index in [0.29, 0.717) is 16.2 Å². The van der Waals surface area contributed by atoms with Crippen LogP contribution in [-0.4, -0.2) is 36.0 Å². The highest BCUT2D eigenvalue weighted by Crippen LogP contribution is 2.51. The Morgan fingerprint density at radius 2 is 0.481 bits per heavy atom. The van der Waals surface area contributed by atoms with E-state index in [1.54, 1.807) is 0 Å². The van der Waals surface area contributed by atoms with E-state index in [0.717, 1.165) is 150 Å². The first kappa shape index (κ1) is 77.9. The van der Waals surface area contributed by atoms with E-state index in [9.17, 15) is 14.4 Å². The maximum atomic E-state index is 14.9. The Morgan fingerprint density at radius 3 is 0.956 bits per heavy atom. The molecule has 11 nitrogen and oxygen atoms in total. The Hall–Kier alpha value is -18.2. The first-order chi connectivity index (χ1) is 66.8. The number of rotatable bonds is 10. The van der Waals surface area contributed by atoms with Crippen LogP contribution in [0.2, 0.25) is 0 Å². The fourth-order valence-corrected chi connectivity index (χ4v) is 21.6. The highest BCUT2D eigenvalue weighted by Gasteiger charge is 2.32. The van der Waals surface area contributed by atoms with E-state index >= 15 is 0 Å². The molecule has 0 N–H and O–H groups in total. The molecule has 0 saturated carbocycles. The molecule has 634 valence electrons. The lowest BCUT2D eigenvalue weighted by Gasteiger charge is -2.15. The zero-order valence-electron chi connectivity index (χ0n) is 73.0. The van der Waals surface area contributed by atoms with E-state index in [4.69, 9.17) is 0 Å². The second-order valence-corrected chi connectivity index (χ2v) is 34.8. The van der Waals surface area contributed by atoms with Gasteiger partial charge in [-0.25, -0.2) is 0 Å². The Labute approximate surface area is 773 Å². The van der Waals surface area contributed by atoms with E-state index < -0.39 is 0 Å². The molecule has 11 heteroatoms. The van der Waals surface area contributed by atoms with E-state index in [1.807, 2.05) is 159 Å². The summed E-state index contributed by atoms with van der Waals surface area (Å²) in [5, 5.41) is 10.1. The van der Waals surface area contributed by atoms with Crippen LogP contribution in [0.1, 0.15) is 22.6 Å². The molecule has 8 aromatic heterocycles. The smallest absolute Gasteiger partial charge is 0.266 e. The molecular weight excluding hydrogens is 1650 g/mol. The zero-order valence-corrected chi connectivity index (χ0v) is 73.0. The van der Waals surface area contributed by atoms with Gasteiger partial charge in [0.15, 0.2) is 0 Å². The number of hydrogen-bond acceptors (Lipinski definition) is 3. The minimum atomic E-state index is -0.0442. The molecule has 0 amide bonds. The van der Waals surface area contributed by atoms with E-state index in [2.05, 4.69) is 356 Å². The van der Waals surface area contributed by atoms with Gasteiger partial charge in [0.1, 0.15) is 16.9 Å². The predicted octanol–water partition coefficient (Wildman–Crippen LogP) is 29.2. The van der Waals surface area contributed by atoms with Crippen molar-refractivity contribution in [3.63, 3.8) is 0 Å². The molecule has 0 unspecified atom stereocenters. The molecule has 27 aromatic rings. The van der Waals surface area contributed by atoms with Crippen molar-refractivity contribution < 1.29 is 0 Å². The van der Waals surface area contributed by atoms with Gasteiger partial charge in [-0.05, 0) is 225 Å². The summed E-state index contributed by atoms with van der Waals surface area (Å²) in [5.41, 5.74) is 32.8. The first-order valence-electron chi connectivity index (χ1n) is 45.8. The molecule has 0 bridgehead atoms. The largest absolute Gasteiger partial charge is 0.309 e. The molecule has 0 fully saturated rings. The van der Waals surface area contributed by atoms with Crippen LogP contribution in [0, 0.1) is 0 Å². The van der Waals surface area contributed by atoms with Crippen LogP contribution in [0.15, 0.2) is 494 Å².